The molecule has 6 heteroatoms. The van der Waals surface area contributed by atoms with Gasteiger partial charge in [-0.1, -0.05) is 37.1 Å². The Labute approximate surface area is 182 Å². The smallest absolute Gasteiger partial charge is 0.375 e. The summed E-state index contributed by atoms with van der Waals surface area (Å²) in [7, 11) is 0. The van der Waals surface area contributed by atoms with E-state index in [1.54, 1.807) is 12.1 Å². The maximum absolute atomic E-state index is 13.2. The molecule has 2 heterocycles. The molecule has 0 amide bonds. The predicted molar refractivity (Wildman–Crippen MR) is 115 cm³/mol. The van der Waals surface area contributed by atoms with Crippen molar-refractivity contribution in [3.8, 4) is 0 Å². The Hall–Kier alpha value is -1.92. The highest BCUT2D eigenvalue weighted by Crippen LogP contribution is 2.49. The van der Waals surface area contributed by atoms with Gasteiger partial charge < -0.3 is 10.1 Å². The van der Waals surface area contributed by atoms with Crippen LogP contribution in [0.2, 0.25) is 0 Å². The van der Waals surface area contributed by atoms with Gasteiger partial charge in [-0.25, -0.2) is 0 Å². The lowest BCUT2D eigenvalue weighted by molar-refractivity contribution is -0.138. The van der Waals surface area contributed by atoms with Crippen LogP contribution in [0.15, 0.2) is 48.7 Å². The van der Waals surface area contributed by atoms with Gasteiger partial charge in [-0.3, -0.25) is 4.98 Å². The van der Waals surface area contributed by atoms with Crippen LogP contribution in [0.1, 0.15) is 61.8 Å². The van der Waals surface area contributed by atoms with Crippen LogP contribution in [0.25, 0.3) is 0 Å². The van der Waals surface area contributed by atoms with Crippen molar-refractivity contribution in [2.24, 2.45) is 0 Å². The molecule has 1 unspecified atom stereocenters. The molecule has 1 saturated heterocycles. The Balaban J connectivity index is 1.39. The van der Waals surface area contributed by atoms with E-state index >= 15 is 0 Å². The number of pyridine rings is 1. The first-order valence-corrected chi connectivity index (χ1v) is 11.3. The van der Waals surface area contributed by atoms with E-state index in [9.17, 15) is 13.2 Å². The molecule has 1 aromatic carbocycles. The Morgan fingerprint density at radius 2 is 1.74 bits per heavy atom. The second-order valence-corrected chi connectivity index (χ2v) is 9.07. The van der Waals surface area contributed by atoms with E-state index in [0.717, 1.165) is 57.0 Å². The predicted octanol–water partition coefficient (Wildman–Crippen LogP) is 5.68. The van der Waals surface area contributed by atoms with Crippen LogP contribution in [-0.4, -0.2) is 30.3 Å². The summed E-state index contributed by atoms with van der Waals surface area (Å²) in [6.45, 7) is 2.02. The van der Waals surface area contributed by atoms with Gasteiger partial charge in [-0.15, -0.1) is 0 Å². The van der Waals surface area contributed by atoms with Gasteiger partial charge in [0.25, 0.3) is 0 Å². The normalized spacial score (nSPS) is 23.3. The molecule has 1 N–H and O–H groups in total. The molecular formula is C25H31F3N2O. The standard InChI is InChI=1S/C25H31F3N2O/c26-25(27,28)21-8-2-1-7-20(21)10-16-29-17-13-23(22-9-3-6-15-30-22)14-18-31-24(19-23)11-4-5-12-24/h1-3,6-9,15,29H,4-5,10-14,16-19H2. The van der Waals surface area contributed by atoms with Gasteiger partial charge in [0.1, 0.15) is 0 Å². The molecule has 2 fully saturated rings. The van der Waals surface area contributed by atoms with Crippen molar-refractivity contribution in [1.82, 2.24) is 10.3 Å². The fourth-order valence-corrected chi connectivity index (χ4v) is 5.49. The van der Waals surface area contributed by atoms with Crippen molar-refractivity contribution in [3.05, 3.63) is 65.5 Å². The van der Waals surface area contributed by atoms with Crippen molar-refractivity contribution < 1.29 is 17.9 Å². The van der Waals surface area contributed by atoms with Crippen molar-refractivity contribution in [3.63, 3.8) is 0 Å². The van der Waals surface area contributed by atoms with Crippen molar-refractivity contribution in [1.29, 1.82) is 0 Å². The monoisotopic (exact) mass is 432 g/mol. The zero-order valence-corrected chi connectivity index (χ0v) is 17.9. The quantitative estimate of drug-likeness (QED) is 0.571. The lowest BCUT2D eigenvalue weighted by atomic mass is 9.68. The maximum Gasteiger partial charge on any atom is 0.416 e. The molecule has 1 spiro atoms. The highest BCUT2D eigenvalue weighted by atomic mass is 19.4. The minimum Gasteiger partial charge on any atom is -0.375 e. The molecule has 31 heavy (non-hydrogen) atoms. The summed E-state index contributed by atoms with van der Waals surface area (Å²) in [6, 6.07) is 12.0. The fraction of sp³-hybridized carbons (Fsp3) is 0.560. The number of ether oxygens (including phenoxy) is 1. The third-order valence-electron chi connectivity index (χ3n) is 7.05. The maximum atomic E-state index is 13.2. The van der Waals surface area contributed by atoms with E-state index < -0.39 is 11.7 Å². The van der Waals surface area contributed by atoms with Crippen LogP contribution in [0.4, 0.5) is 13.2 Å². The molecule has 1 aliphatic carbocycles. The minimum absolute atomic E-state index is 0.0264. The third-order valence-corrected chi connectivity index (χ3v) is 7.05. The second kappa shape index (κ2) is 9.29. The van der Waals surface area contributed by atoms with Gasteiger partial charge in [-0.2, -0.15) is 13.2 Å². The molecular weight excluding hydrogens is 401 g/mol. The first-order valence-electron chi connectivity index (χ1n) is 11.3. The summed E-state index contributed by atoms with van der Waals surface area (Å²) in [5.41, 5.74) is 0.864. The van der Waals surface area contributed by atoms with E-state index in [-0.39, 0.29) is 11.0 Å². The van der Waals surface area contributed by atoms with E-state index in [1.165, 1.54) is 18.9 Å². The van der Waals surface area contributed by atoms with Crippen LogP contribution in [0.5, 0.6) is 0 Å². The number of aromatic nitrogens is 1. The highest BCUT2D eigenvalue weighted by Gasteiger charge is 2.48. The Morgan fingerprint density at radius 1 is 0.968 bits per heavy atom. The summed E-state index contributed by atoms with van der Waals surface area (Å²) in [5, 5.41) is 3.40. The molecule has 2 aromatic rings. The Morgan fingerprint density at radius 3 is 2.48 bits per heavy atom. The number of alkyl halides is 3. The average Bonchev–Trinajstić information content (AvgIpc) is 3.21. The third kappa shape index (κ3) is 5.12. The second-order valence-electron chi connectivity index (χ2n) is 9.07. The van der Waals surface area contributed by atoms with E-state index in [0.29, 0.717) is 18.5 Å². The molecule has 0 bridgehead atoms. The molecule has 1 aliphatic heterocycles. The molecule has 168 valence electrons. The van der Waals surface area contributed by atoms with Gasteiger partial charge in [0.2, 0.25) is 0 Å². The first-order chi connectivity index (χ1) is 14.9. The molecule has 1 saturated carbocycles. The number of nitrogens with one attached hydrogen (secondary N) is 1. The SMILES string of the molecule is FC(F)(F)c1ccccc1CCNCCC1(c2ccccn2)CCOC2(CCCC2)C1. The zero-order valence-electron chi connectivity index (χ0n) is 17.9. The van der Waals surface area contributed by atoms with Crippen LogP contribution < -0.4 is 5.32 Å². The number of hydrogen-bond donors (Lipinski definition) is 1. The molecule has 1 atom stereocenters. The molecule has 0 radical (unpaired) electrons. The number of benzene rings is 1. The van der Waals surface area contributed by atoms with Gasteiger partial charge in [-0.05, 0) is 75.4 Å². The number of hydrogen-bond acceptors (Lipinski definition) is 3. The van der Waals surface area contributed by atoms with Crippen molar-refractivity contribution in [2.75, 3.05) is 19.7 Å². The van der Waals surface area contributed by atoms with Crippen LogP contribution >= 0.6 is 0 Å². The van der Waals surface area contributed by atoms with E-state index in [1.807, 2.05) is 18.3 Å². The van der Waals surface area contributed by atoms with Crippen molar-refractivity contribution in [2.45, 2.75) is 68.6 Å². The summed E-state index contributed by atoms with van der Waals surface area (Å²) in [5.74, 6) is 0. The van der Waals surface area contributed by atoms with Crippen LogP contribution in [-0.2, 0) is 22.7 Å². The fourth-order valence-electron chi connectivity index (χ4n) is 5.49. The van der Waals surface area contributed by atoms with Crippen molar-refractivity contribution >= 4 is 0 Å². The first kappa shape index (κ1) is 22.3. The van der Waals surface area contributed by atoms with Gasteiger partial charge >= 0.3 is 6.18 Å². The summed E-state index contributed by atoms with van der Waals surface area (Å²) >= 11 is 0. The van der Waals surface area contributed by atoms with Gasteiger partial charge in [0, 0.05) is 23.9 Å². The van der Waals surface area contributed by atoms with Gasteiger partial charge in [0.05, 0.1) is 11.2 Å². The summed E-state index contributed by atoms with van der Waals surface area (Å²) in [4.78, 5) is 4.71. The highest BCUT2D eigenvalue weighted by molar-refractivity contribution is 5.30. The van der Waals surface area contributed by atoms with Gasteiger partial charge in [0.15, 0.2) is 0 Å². The number of nitrogens with zero attached hydrogens (tertiary/aromatic N) is 1. The minimum atomic E-state index is -4.31. The van der Waals surface area contributed by atoms with E-state index in [4.69, 9.17) is 9.72 Å². The molecule has 3 nitrogen and oxygen atoms in total. The van der Waals surface area contributed by atoms with E-state index in [2.05, 4.69) is 11.4 Å². The lowest BCUT2D eigenvalue weighted by Crippen LogP contribution is -2.47. The largest absolute Gasteiger partial charge is 0.416 e. The topological polar surface area (TPSA) is 34.2 Å². The summed E-state index contributed by atoms with van der Waals surface area (Å²) < 4.78 is 45.9. The Kier molecular flexibility index (Phi) is 6.68. The van der Waals surface area contributed by atoms with Crippen LogP contribution in [0, 0.1) is 0 Å². The number of halogens is 3. The van der Waals surface area contributed by atoms with Crippen LogP contribution in [0.3, 0.4) is 0 Å². The Bertz CT molecular complexity index is 849. The molecule has 4 rings (SSSR count). The zero-order chi connectivity index (χ0) is 21.8. The molecule has 1 aromatic heterocycles. The lowest BCUT2D eigenvalue weighted by Gasteiger charge is -2.46. The molecule has 2 aliphatic rings. The number of rotatable bonds is 7. The average molecular weight is 433 g/mol. The summed E-state index contributed by atoms with van der Waals surface area (Å²) in [6.07, 6.45) is 5.40.